The van der Waals surface area contributed by atoms with Crippen LogP contribution < -0.4 is 20.1 Å². The summed E-state index contributed by atoms with van der Waals surface area (Å²) in [6.45, 7) is 3.63. The molecule has 0 atom stereocenters. The van der Waals surface area contributed by atoms with Crippen molar-refractivity contribution >= 4 is 58.2 Å². The molecule has 1 saturated carbocycles. The van der Waals surface area contributed by atoms with Crippen molar-refractivity contribution in [2.45, 2.75) is 44.2 Å². The molecule has 1 fully saturated rings. The maximum absolute atomic E-state index is 12.5. The molecule has 0 unspecified atom stereocenters. The summed E-state index contributed by atoms with van der Waals surface area (Å²) in [5.41, 5.74) is -0.864. The Morgan fingerprint density at radius 3 is 1.70 bits per heavy atom. The monoisotopic (exact) mass is 532 g/mol. The molecule has 178 valence electrons. The number of nitrogens with one attached hydrogen (secondary N) is 2. The minimum absolute atomic E-state index is 0.153. The van der Waals surface area contributed by atoms with Crippen LogP contribution in [0.5, 0.6) is 11.5 Å². The molecular weight excluding hydrogens is 510 g/mol. The van der Waals surface area contributed by atoms with E-state index in [9.17, 15) is 9.59 Å². The third kappa shape index (κ3) is 6.82. The summed E-state index contributed by atoms with van der Waals surface area (Å²) >= 11 is 23.7. The van der Waals surface area contributed by atoms with Gasteiger partial charge >= 0.3 is 0 Å². The van der Waals surface area contributed by atoms with Crippen LogP contribution in [0.2, 0.25) is 20.1 Å². The van der Waals surface area contributed by atoms with Gasteiger partial charge in [-0.2, -0.15) is 0 Å². The van der Waals surface area contributed by atoms with E-state index in [1.54, 1.807) is 36.4 Å². The summed E-state index contributed by atoms with van der Waals surface area (Å²) in [7, 11) is 0. The van der Waals surface area contributed by atoms with Gasteiger partial charge in [-0.1, -0.05) is 53.3 Å². The molecule has 3 rings (SSSR count). The molecule has 2 amide bonds. The van der Waals surface area contributed by atoms with E-state index in [0.717, 1.165) is 6.42 Å². The van der Waals surface area contributed by atoms with Crippen LogP contribution in [-0.2, 0) is 9.59 Å². The maximum Gasteiger partial charge on any atom is 0.258 e. The zero-order chi connectivity index (χ0) is 24.2. The highest BCUT2D eigenvalue weighted by Gasteiger charge is 2.52. The molecular formula is C23H24Cl4N2O4. The Hall–Kier alpha value is -1.86. The van der Waals surface area contributed by atoms with Crippen LogP contribution >= 0.6 is 46.4 Å². The van der Waals surface area contributed by atoms with Crippen molar-refractivity contribution in [3.63, 3.8) is 0 Å². The predicted molar refractivity (Wildman–Crippen MR) is 131 cm³/mol. The van der Waals surface area contributed by atoms with Gasteiger partial charge < -0.3 is 20.1 Å². The first-order valence-corrected chi connectivity index (χ1v) is 11.8. The van der Waals surface area contributed by atoms with Gasteiger partial charge in [0, 0.05) is 23.2 Å². The Labute approximate surface area is 212 Å². The molecule has 0 radical (unpaired) electrons. The van der Waals surface area contributed by atoms with Gasteiger partial charge in [0.05, 0.1) is 20.1 Å². The van der Waals surface area contributed by atoms with Crippen LogP contribution in [0.4, 0.5) is 0 Å². The molecule has 1 aliphatic rings. The summed E-state index contributed by atoms with van der Waals surface area (Å²) in [5, 5.41) is 7.56. The molecule has 0 spiro atoms. The number of hydrogen-bond donors (Lipinski definition) is 2. The molecule has 0 saturated heterocycles. The van der Waals surface area contributed by atoms with E-state index in [1.807, 2.05) is 13.8 Å². The maximum atomic E-state index is 12.5. The highest BCUT2D eigenvalue weighted by molar-refractivity contribution is 6.42. The summed E-state index contributed by atoms with van der Waals surface area (Å²) < 4.78 is 11.0. The number of halogens is 4. The van der Waals surface area contributed by atoms with Crippen LogP contribution in [0.25, 0.3) is 0 Å². The summed E-state index contributed by atoms with van der Waals surface area (Å²) in [4.78, 5) is 24.8. The number of carbonyl (C=O) groups is 2. The quantitative estimate of drug-likeness (QED) is 0.434. The molecule has 2 aromatic carbocycles. The Morgan fingerprint density at radius 1 is 0.818 bits per heavy atom. The summed E-state index contributed by atoms with van der Waals surface area (Å²) in [6.07, 6.45) is 1.90. The third-order valence-electron chi connectivity index (χ3n) is 5.50. The molecule has 2 N–H and O–H groups in total. The van der Waals surface area contributed by atoms with E-state index >= 15 is 0 Å². The van der Waals surface area contributed by atoms with E-state index in [-0.39, 0.29) is 25.0 Å². The zero-order valence-electron chi connectivity index (χ0n) is 18.1. The first-order chi connectivity index (χ1) is 15.5. The van der Waals surface area contributed by atoms with E-state index < -0.39 is 11.1 Å². The van der Waals surface area contributed by atoms with Gasteiger partial charge in [0.25, 0.3) is 11.8 Å². The van der Waals surface area contributed by atoms with E-state index in [1.165, 1.54) is 0 Å². The topological polar surface area (TPSA) is 76.7 Å². The highest BCUT2D eigenvalue weighted by atomic mass is 35.5. The van der Waals surface area contributed by atoms with Gasteiger partial charge in [0.1, 0.15) is 11.5 Å². The second-order valence-electron chi connectivity index (χ2n) is 8.37. The number of amides is 2. The molecule has 6 nitrogen and oxygen atoms in total. The SMILES string of the molecule is CCC1(NC(=O)COc2ccc(Cl)c(Cl)c2)CC(C)(NC(=O)COc2ccc(Cl)c(Cl)c2)C1. The molecule has 33 heavy (non-hydrogen) atoms. The van der Waals surface area contributed by atoms with Gasteiger partial charge in [0.15, 0.2) is 13.2 Å². The van der Waals surface area contributed by atoms with Crippen LogP contribution in [0.1, 0.15) is 33.1 Å². The Bertz CT molecular complexity index is 1040. The first-order valence-electron chi connectivity index (χ1n) is 10.3. The first kappa shape index (κ1) is 25.8. The third-order valence-corrected chi connectivity index (χ3v) is 6.98. The lowest BCUT2D eigenvalue weighted by Crippen LogP contribution is -2.70. The van der Waals surface area contributed by atoms with E-state index in [0.29, 0.717) is 44.4 Å². The average molecular weight is 534 g/mol. The lowest BCUT2D eigenvalue weighted by molar-refractivity contribution is -0.130. The van der Waals surface area contributed by atoms with Crippen molar-refractivity contribution in [2.24, 2.45) is 0 Å². The van der Waals surface area contributed by atoms with Gasteiger partial charge in [0.2, 0.25) is 0 Å². The minimum Gasteiger partial charge on any atom is -0.484 e. The summed E-state index contributed by atoms with van der Waals surface area (Å²) in [6, 6.07) is 9.61. The van der Waals surface area contributed by atoms with Crippen LogP contribution in [0.15, 0.2) is 36.4 Å². The number of ether oxygens (including phenoxy) is 2. The van der Waals surface area contributed by atoms with E-state index in [2.05, 4.69) is 10.6 Å². The molecule has 1 aliphatic carbocycles. The van der Waals surface area contributed by atoms with Gasteiger partial charge in [-0.25, -0.2) is 0 Å². The Morgan fingerprint density at radius 2 is 1.27 bits per heavy atom. The number of hydrogen-bond acceptors (Lipinski definition) is 4. The lowest BCUT2D eigenvalue weighted by atomic mass is 9.62. The van der Waals surface area contributed by atoms with Gasteiger partial charge in [-0.15, -0.1) is 0 Å². The van der Waals surface area contributed by atoms with E-state index in [4.69, 9.17) is 55.9 Å². The predicted octanol–water partition coefficient (Wildman–Crippen LogP) is 5.69. The largest absolute Gasteiger partial charge is 0.484 e. The smallest absolute Gasteiger partial charge is 0.258 e. The van der Waals surface area contributed by atoms with Crippen molar-refractivity contribution in [1.82, 2.24) is 10.6 Å². The Balaban J connectivity index is 1.46. The molecule has 0 heterocycles. The average Bonchev–Trinajstić information content (AvgIpc) is 2.74. The number of rotatable bonds is 9. The van der Waals surface area contributed by atoms with Crippen LogP contribution in [0, 0.1) is 0 Å². The fraction of sp³-hybridized carbons (Fsp3) is 0.391. The molecule has 2 aromatic rings. The number of benzene rings is 2. The van der Waals surface area contributed by atoms with Crippen LogP contribution in [0.3, 0.4) is 0 Å². The normalized spacial score (nSPS) is 21.6. The fourth-order valence-corrected chi connectivity index (χ4v) is 4.67. The van der Waals surface area contributed by atoms with Crippen molar-refractivity contribution in [1.29, 1.82) is 0 Å². The molecule has 0 aromatic heterocycles. The Kier molecular flexibility index (Phi) is 8.27. The van der Waals surface area contributed by atoms with Crippen LogP contribution in [-0.4, -0.2) is 36.1 Å². The molecule has 0 bridgehead atoms. The standard InChI is InChI=1S/C23H24Cl4N2O4/c1-3-23(29-21(31)11-33-15-5-7-17(25)19(27)9-15)12-22(2,13-23)28-20(30)10-32-14-4-6-16(24)18(26)8-14/h4-9H,3,10-13H2,1-2H3,(H,28,30)(H,29,31). The second kappa shape index (κ2) is 10.6. The number of carbonyl (C=O) groups excluding carboxylic acids is 2. The molecule has 0 aliphatic heterocycles. The van der Waals surface area contributed by atoms with Crippen molar-refractivity contribution in [2.75, 3.05) is 13.2 Å². The second-order valence-corrected chi connectivity index (χ2v) is 10.0. The minimum atomic E-state index is -0.452. The fourth-order valence-electron chi connectivity index (χ4n) is 4.09. The highest BCUT2D eigenvalue weighted by Crippen LogP contribution is 2.43. The summed E-state index contributed by atoms with van der Waals surface area (Å²) in [5.74, 6) is 0.398. The van der Waals surface area contributed by atoms with Gasteiger partial charge in [-0.05, 0) is 50.5 Å². The van der Waals surface area contributed by atoms with Crippen molar-refractivity contribution in [3.8, 4) is 11.5 Å². The lowest BCUT2D eigenvalue weighted by Gasteiger charge is -2.55. The zero-order valence-corrected chi connectivity index (χ0v) is 21.2. The van der Waals surface area contributed by atoms with Crippen molar-refractivity contribution in [3.05, 3.63) is 56.5 Å². The molecule has 10 heteroatoms. The van der Waals surface area contributed by atoms with Gasteiger partial charge in [-0.3, -0.25) is 9.59 Å². The van der Waals surface area contributed by atoms with Crippen molar-refractivity contribution < 1.29 is 19.1 Å².